The lowest BCUT2D eigenvalue weighted by Gasteiger charge is -2.29. The number of ether oxygens (including phenoxy) is 1. The van der Waals surface area contributed by atoms with Gasteiger partial charge in [-0.15, -0.1) is 0 Å². The molecular weight excluding hydrogens is 313 g/mol. The summed E-state index contributed by atoms with van der Waals surface area (Å²) in [5.74, 6) is -0.577. The molecule has 1 amide bonds. The molecule has 0 heterocycles. The maximum Gasteiger partial charge on any atom is 0.254 e. The van der Waals surface area contributed by atoms with Crippen molar-refractivity contribution in [3.63, 3.8) is 0 Å². The fourth-order valence-corrected chi connectivity index (χ4v) is 2.56. The summed E-state index contributed by atoms with van der Waals surface area (Å²) in [5, 5.41) is 3.67. The van der Waals surface area contributed by atoms with Gasteiger partial charge in [-0.05, 0) is 31.9 Å². The maximum absolute atomic E-state index is 13.8. The van der Waals surface area contributed by atoms with Gasteiger partial charge >= 0.3 is 0 Å². The van der Waals surface area contributed by atoms with E-state index in [2.05, 4.69) is 21.2 Å². The molecule has 3 nitrogen and oxygen atoms in total. The number of hydrogen-bond donors (Lipinski definition) is 1. The lowest BCUT2D eigenvalue weighted by atomic mass is 9.95. The second-order valence-electron chi connectivity index (χ2n) is 4.65. The van der Waals surface area contributed by atoms with Gasteiger partial charge in [-0.2, -0.15) is 0 Å². The molecule has 1 aromatic carbocycles. The van der Waals surface area contributed by atoms with Crippen molar-refractivity contribution < 1.29 is 13.9 Å². The van der Waals surface area contributed by atoms with Gasteiger partial charge in [0.2, 0.25) is 0 Å². The number of nitrogens with one attached hydrogen (secondary N) is 1. The van der Waals surface area contributed by atoms with E-state index >= 15 is 0 Å². The molecule has 106 valence electrons. The third-order valence-corrected chi connectivity index (χ3v) is 3.66. The average Bonchev–Trinajstić information content (AvgIpc) is 2.38. The van der Waals surface area contributed by atoms with Crippen LogP contribution in [0.2, 0.25) is 0 Å². The van der Waals surface area contributed by atoms with Crippen LogP contribution < -0.4 is 10.1 Å². The normalized spacial score (nSPS) is 13.7. The summed E-state index contributed by atoms with van der Waals surface area (Å²) in [4.78, 5) is 12.1. The number of rotatable bonds is 6. The third-order valence-electron chi connectivity index (χ3n) is 3.26. The highest BCUT2D eigenvalue weighted by atomic mass is 79.9. The minimum Gasteiger partial charge on any atom is -0.497 e. The Kier molecular flexibility index (Phi) is 5.79. The van der Waals surface area contributed by atoms with Gasteiger partial charge in [-0.1, -0.05) is 22.9 Å². The predicted octanol–water partition coefficient (Wildman–Crippen LogP) is 3.52. The number of methoxy groups -OCH3 is 1. The Morgan fingerprint density at radius 1 is 1.53 bits per heavy atom. The Hall–Kier alpha value is -1.10. The van der Waals surface area contributed by atoms with Crippen molar-refractivity contribution in [3.05, 3.63) is 29.6 Å². The van der Waals surface area contributed by atoms with Crippen LogP contribution in [0.15, 0.2) is 18.2 Å². The second kappa shape index (κ2) is 6.89. The highest BCUT2D eigenvalue weighted by Gasteiger charge is 2.25. The maximum atomic E-state index is 13.8. The van der Waals surface area contributed by atoms with Crippen LogP contribution in [0.4, 0.5) is 4.39 Å². The smallest absolute Gasteiger partial charge is 0.254 e. The first kappa shape index (κ1) is 16.0. The van der Waals surface area contributed by atoms with E-state index in [0.717, 1.165) is 18.2 Å². The van der Waals surface area contributed by atoms with Crippen molar-refractivity contribution in [1.82, 2.24) is 5.32 Å². The summed E-state index contributed by atoms with van der Waals surface area (Å²) in [5.41, 5.74) is -0.303. The zero-order valence-corrected chi connectivity index (χ0v) is 13.0. The van der Waals surface area contributed by atoms with Crippen molar-refractivity contribution in [3.8, 4) is 5.75 Å². The molecule has 1 rings (SSSR count). The van der Waals surface area contributed by atoms with Crippen molar-refractivity contribution in [1.29, 1.82) is 0 Å². The zero-order valence-electron chi connectivity index (χ0n) is 11.4. The van der Waals surface area contributed by atoms with Gasteiger partial charge in [0.05, 0.1) is 12.7 Å². The molecule has 0 saturated heterocycles. The molecule has 0 aliphatic heterocycles. The molecule has 0 fully saturated rings. The summed E-state index contributed by atoms with van der Waals surface area (Å²) in [6.07, 6.45) is 1.56. The van der Waals surface area contributed by atoms with Crippen LogP contribution in [0.25, 0.3) is 0 Å². The first-order valence-electron chi connectivity index (χ1n) is 6.17. The molecule has 1 unspecified atom stereocenters. The lowest BCUT2D eigenvalue weighted by molar-refractivity contribution is 0.0897. The number of alkyl halides is 1. The van der Waals surface area contributed by atoms with E-state index in [-0.39, 0.29) is 11.1 Å². The number of carbonyl (C=O) groups is 1. The van der Waals surface area contributed by atoms with Gasteiger partial charge in [0, 0.05) is 16.9 Å². The molecule has 1 N–H and O–H groups in total. The van der Waals surface area contributed by atoms with E-state index < -0.39 is 11.7 Å². The van der Waals surface area contributed by atoms with Gasteiger partial charge in [-0.25, -0.2) is 4.39 Å². The van der Waals surface area contributed by atoms with Crippen LogP contribution in [-0.4, -0.2) is 23.9 Å². The fourth-order valence-electron chi connectivity index (χ4n) is 1.68. The summed E-state index contributed by atoms with van der Waals surface area (Å²) in [7, 11) is 1.46. The van der Waals surface area contributed by atoms with Crippen molar-refractivity contribution in [2.75, 3.05) is 12.4 Å². The van der Waals surface area contributed by atoms with Crippen molar-refractivity contribution in [2.45, 2.75) is 32.2 Å². The van der Waals surface area contributed by atoms with Crippen LogP contribution in [0, 0.1) is 5.82 Å². The number of hydrogen-bond acceptors (Lipinski definition) is 2. The van der Waals surface area contributed by atoms with E-state index in [1.165, 1.54) is 19.2 Å². The third kappa shape index (κ3) is 4.20. The van der Waals surface area contributed by atoms with E-state index in [0.29, 0.717) is 5.75 Å². The highest BCUT2D eigenvalue weighted by molar-refractivity contribution is 9.09. The number of amides is 1. The standard InChI is InChI=1S/C14H19BrFNO2/c1-4-14(2,7-8-15)17-13(18)11-6-5-10(19-3)9-12(11)16/h5-6,9H,4,7-8H2,1-3H3,(H,17,18). The molecule has 1 atom stereocenters. The minimum atomic E-state index is -0.575. The number of carbonyl (C=O) groups excluding carboxylic acids is 1. The lowest BCUT2D eigenvalue weighted by Crippen LogP contribution is -2.46. The molecule has 0 spiro atoms. The monoisotopic (exact) mass is 331 g/mol. The van der Waals surface area contributed by atoms with Gasteiger partial charge < -0.3 is 10.1 Å². The largest absolute Gasteiger partial charge is 0.497 e. The fraction of sp³-hybridized carbons (Fsp3) is 0.500. The van der Waals surface area contributed by atoms with Crippen molar-refractivity contribution in [2.24, 2.45) is 0 Å². The van der Waals surface area contributed by atoms with E-state index in [4.69, 9.17) is 4.74 Å². The molecular formula is C14H19BrFNO2. The second-order valence-corrected chi connectivity index (χ2v) is 5.45. The number of benzene rings is 1. The molecule has 5 heteroatoms. The first-order valence-corrected chi connectivity index (χ1v) is 7.30. The summed E-state index contributed by atoms with van der Waals surface area (Å²) in [6, 6.07) is 4.22. The summed E-state index contributed by atoms with van der Waals surface area (Å²) >= 11 is 3.36. The van der Waals surface area contributed by atoms with Gasteiger partial charge in [-0.3, -0.25) is 4.79 Å². The summed E-state index contributed by atoms with van der Waals surface area (Å²) in [6.45, 7) is 3.95. The van der Waals surface area contributed by atoms with Gasteiger partial charge in [0.25, 0.3) is 5.91 Å². The van der Waals surface area contributed by atoms with Crippen LogP contribution in [0.3, 0.4) is 0 Å². The Balaban J connectivity index is 2.89. The van der Waals surface area contributed by atoms with Crippen LogP contribution >= 0.6 is 15.9 Å². The Bertz CT molecular complexity index is 453. The molecule has 19 heavy (non-hydrogen) atoms. The highest BCUT2D eigenvalue weighted by Crippen LogP contribution is 2.20. The van der Waals surface area contributed by atoms with E-state index in [1.54, 1.807) is 6.07 Å². The Morgan fingerprint density at radius 2 is 2.21 bits per heavy atom. The molecule has 0 bridgehead atoms. The zero-order chi connectivity index (χ0) is 14.5. The van der Waals surface area contributed by atoms with Crippen LogP contribution in [-0.2, 0) is 0 Å². The predicted molar refractivity (Wildman–Crippen MR) is 77.5 cm³/mol. The average molecular weight is 332 g/mol. The molecule has 0 radical (unpaired) electrons. The molecule has 0 aromatic heterocycles. The van der Waals surface area contributed by atoms with Crippen molar-refractivity contribution >= 4 is 21.8 Å². The van der Waals surface area contributed by atoms with Gasteiger partial charge in [0.15, 0.2) is 0 Å². The topological polar surface area (TPSA) is 38.3 Å². The Labute approximate surface area is 121 Å². The first-order chi connectivity index (χ1) is 8.95. The molecule has 0 aliphatic carbocycles. The molecule has 0 aliphatic rings. The van der Waals surface area contributed by atoms with Gasteiger partial charge in [0.1, 0.15) is 11.6 Å². The van der Waals surface area contributed by atoms with E-state index in [9.17, 15) is 9.18 Å². The van der Waals surface area contributed by atoms with Crippen LogP contribution in [0.1, 0.15) is 37.0 Å². The summed E-state index contributed by atoms with van der Waals surface area (Å²) < 4.78 is 18.7. The molecule has 1 aromatic rings. The Morgan fingerprint density at radius 3 is 2.68 bits per heavy atom. The quantitative estimate of drug-likeness (QED) is 0.810. The van der Waals surface area contributed by atoms with Crippen LogP contribution in [0.5, 0.6) is 5.75 Å². The minimum absolute atomic E-state index is 0.0371. The van der Waals surface area contributed by atoms with E-state index in [1.807, 2.05) is 13.8 Å². The number of halogens is 2. The molecule has 0 saturated carbocycles. The SMILES string of the molecule is CCC(C)(CCBr)NC(=O)c1ccc(OC)cc1F.